The Bertz CT molecular complexity index is 224. The number of carbonyl (C=O) groups excluding carboxylic acids is 1. The van der Waals surface area contributed by atoms with E-state index in [1.807, 2.05) is 0 Å². The van der Waals surface area contributed by atoms with Gasteiger partial charge in [0.25, 0.3) is 5.91 Å². The lowest BCUT2D eigenvalue weighted by Gasteiger charge is -1.94. The van der Waals surface area contributed by atoms with E-state index in [2.05, 4.69) is 8.51 Å². The predicted molar refractivity (Wildman–Crippen MR) is 45.7 cm³/mol. The number of carbonyl (C=O) groups is 1. The molecule has 0 bridgehead atoms. The van der Waals surface area contributed by atoms with E-state index in [0.29, 0.717) is 5.56 Å². The van der Waals surface area contributed by atoms with E-state index in [0.717, 1.165) is 0 Å². The summed E-state index contributed by atoms with van der Waals surface area (Å²) in [5.41, 5.74) is 0.629. The third kappa shape index (κ3) is 1.66. The van der Waals surface area contributed by atoms with Crippen LogP contribution in [0.2, 0.25) is 0 Å². The Kier molecular flexibility index (Phi) is 2.61. The van der Waals surface area contributed by atoms with Crippen LogP contribution < -0.4 is 3.53 Å². The zero-order chi connectivity index (χ0) is 7.40. The molecule has 0 unspecified atom stereocenters. The van der Waals surface area contributed by atoms with Crippen molar-refractivity contribution in [1.29, 1.82) is 0 Å². The van der Waals surface area contributed by atoms with E-state index >= 15 is 0 Å². The summed E-state index contributed by atoms with van der Waals surface area (Å²) in [6.45, 7) is 0. The SMILES string of the molecule is O=C(NI)c1ccncc1. The molecule has 0 fully saturated rings. The van der Waals surface area contributed by atoms with E-state index in [4.69, 9.17) is 0 Å². The summed E-state index contributed by atoms with van der Waals surface area (Å²) >= 11 is 1.80. The smallest absolute Gasteiger partial charge is 0.259 e. The number of hydrogen-bond acceptors (Lipinski definition) is 2. The third-order valence-electron chi connectivity index (χ3n) is 1.03. The lowest BCUT2D eigenvalue weighted by molar-refractivity contribution is 0.0989. The van der Waals surface area contributed by atoms with Gasteiger partial charge in [-0.2, -0.15) is 0 Å². The normalized spacial score (nSPS) is 8.90. The van der Waals surface area contributed by atoms with E-state index in [1.54, 1.807) is 47.4 Å². The van der Waals surface area contributed by atoms with Crippen LogP contribution in [0.3, 0.4) is 0 Å². The summed E-state index contributed by atoms with van der Waals surface area (Å²) in [6.07, 6.45) is 3.17. The monoisotopic (exact) mass is 248 g/mol. The fraction of sp³-hybridized carbons (Fsp3) is 0. The maximum Gasteiger partial charge on any atom is 0.259 e. The Morgan fingerprint density at radius 1 is 1.50 bits per heavy atom. The molecule has 0 aliphatic heterocycles. The average Bonchev–Trinajstić information content (AvgIpc) is 2.05. The molecule has 0 atom stereocenters. The van der Waals surface area contributed by atoms with Crippen LogP contribution >= 0.6 is 22.9 Å². The van der Waals surface area contributed by atoms with Crippen molar-refractivity contribution in [2.75, 3.05) is 0 Å². The van der Waals surface area contributed by atoms with Gasteiger partial charge in [-0.15, -0.1) is 0 Å². The summed E-state index contributed by atoms with van der Waals surface area (Å²) in [5, 5.41) is 0. The van der Waals surface area contributed by atoms with Gasteiger partial charge in [0.2, 0.25) is 0 Å². The maximum absolute atomic E-state index is 10.9. The molecule has 1 heterocycles. The van der Waals surface area contributed by atoms with Gasteiger partial charge >= 0.3 is 0 Å². The first-order chi connectivity index (χ1) is 4.84. The molecule has 4 heteroatoms. The van der Waals surface area contributed by atoms with Crippen LogP contribution in [-0.2, 0) is 0 Å². The van der Waals surface area contributed by atoms with Crippen LogP contribution in [0.5, 0.6) is 0 Å². The first-order valence-electron chi connectivity index (χ1n) is 2.65. The van der Waals surface area contributed by atoms with Gasteiger partial charge in [-0.1, -0.05) is 0 Å². The zero-order valence-corrected chi connectivity index (χ0v) is 7.20. The van der Waals surface area contributed by atoms with Gasteiger partial charge in [0.1, 0.15) is 0 Å². The standard InChI is InChI=1S/C6H5IN2O/c7-9-6(10)5-1-3-8-4-2-5/h1-4H,(H,9,10). The molecule has 1 aromatic rings. The van der Waals surface area contributed by atoms with Crippen LogP contribution in [0.15, 0.2) is 24.5 Å². The molecular formula is C6H5IN2O. The van der Waals surface area contributed by atoms with E-state index in [1.165, 1.54) is 0 Å². The van der Waals surface area contributed by atoms with Crippen molar-refractivity contribution in [3.8, 4) is 0 Å². The van der Waals surface area contributed by atoms with Gasteiger partial charge in [0, 0.05) is 18.0 Å². The molecule has 0 aliphatic carbocycles. The minimum absolute atomic E-state index is 0.0944. The highest BCUT2D eigenvalue weighted by Gasteiger charge is 1.99. The minimum atomic E-state index is -0.0944. The molecule has 0 saturated carbocycles. The third-order valence-corrected chi connectivity index (χ3v) is 1.52. The van der Waals surface area contributed by atoms with Crippen molar-refractivity contribution in [1.82, 2.24) is 8.51 Å². The molecule has 0 saturated heterocycles. The van der Waals surface area contributed by atoms with Crippen LogP contribution in [0, 0.1) is 0 Å². The second kappa shape index (κ2) is 3.50. The summed E-state index contributed by atoms with van der Waals surface area (Å²) in [7, 11) is 0. The summed E-state index contributed by atoms with van der Waals surface area (Å²) in [5.74, 6) is -0.0944. The van der Waals surface area contributed by atoms with Gasteiger partial charge in [-0.3, -0.25) is 13.3 Å². The van der Waals surface area contributed by atoms with E-state index in [9.17, 15) is 4.79 Å². The Morgan fingerprint density at radius 2 is 2.10 bits per heavy atom. The lowest BCUT2D eigenvalue weighted by atomic mass is 10.3. The van der Waals surface area contributed by atoms with Crippen molar-refractivity contribution in [3.05, 3.63) is 30.1 Å². The van der Waals surface area contributed by atoms with Crippen LogP contribution in [0.1, 0.15) is 10.4 Å². The van der Waals surface area contributed by atoms with Gasteiger partial charge in [0.15, 0.2) is 0 Å². The number of aromatic nitrogens is 1. The summed E-state index contributed by atoms with van der Waals surface area (Å²) < 4.78 is 2.48. The minimum Gasteiger partial charge on any atom is -0.295 e. The van der Waals surface area contributed by atoms with E-state index < -0.39 is 0 Å². The summed E-state index contributed by atoms with van der Waals surface area (Å²) in [6, 6.07) is 3.32. The Labute approximate surface area is 72.3 Å². The van der Waals surface area contributed by atoms with Gasteiger partial charge < -0.3 is 0 Å². The number of nitrogens with zero attached hydrogens (tertiary/aromatic N) is 1. The van der Waals surface area contributed by atoms with Crippen molar-refractivity contribution < 1.29 is 4.79 Å². The second-order valence-corrected chi connectivity index (χ2v) is 2.20. The molecule has 1 amide bonds. The fourth-order valence-corrected chi connectivity index (χ4v) is 0.869. The van der Waals surface area contributed by atoms with Crippen molar-refractivity contribution in [3.63, 3.8) is 0 Å². The number of halogens is 1. The molecule has 52 valence electrons. The number of pyridine rings is 1. The Morgan fingerprint density at radius 3 is 2.60 bits per heavy atom. The highest BCUT2D eigenvalue weighted by Crippen LogP contribution is 1.95. The van der Waals surface area contributed by atoms with Crippen LogP contribution in [-0.4, -0.2) is 10.9 Å². The largest absolute Gasteiger partial charge is 0.295 e. The van der Waals surface area contributed by atoms with Crippen LogP contribution in [0.25, 0.3) is 0 Å². The Hall–Kier alpha value is -0.650. The van der Waals surface area contributed by atoms with E-state index in [-0.39, 0.29) is 5.91 Å². The molecule has 1 rings (SSSR count). The molecule has 0 spiro atoms. The fourth-order valence-electron chi connectivity index (χ4n) is 0.558. The highest BCUT2D eigenvalue weighted by atomic mass is 127. The molecule has 3 nitrogen and oxygen atoms in total. The Balaban J connectivity index is 2.85. The maximum atomic E-state index is 10.9. The van der Waals surface area contributed by atoms with Gasteiger partial charge in [-0.05, 0) is 12.1 Å². The quantitative estimate of drug-likeness (QED) is 0.598. The van der Waals surface area contributed by atoms with Crippen LogP contribution in [0.4, 0.5) is 0 Å². The predicted octanol–water partition coefficient (Wildman–Crippen LogP) is 1.16. The number of hydrogen-bond donors (Lipinski definition) is 1. The van der Waals surface area contributed by atoms with Crippen molar-refractivity contribution >= 4 is 28.8 Å². The summed E-state index contributed by atoms with van der Waals surface area (Å²) in [4.78, 5) is 14.6. The molecule has 0 aromatic carbocycles. The average molecular weight is 248 g/mol. The van der Waals surface area contributed by atoms with Crippen molar-refractivity contribution in [2.24, 2.45) is 0 Å². The first-order valence-corrected chi connectivity index (χ1v) is 3.73. The zero-order valence-electron chi connectivity index (χ0n) is 5.04. The molecule has 10 heavy (non-hydrogen) atoms. The molecule has 0 aliphatic rings. The number of rotatable bonds is 1. The topological polar surface area (TPSA) is 42.0 Å². The lowest BCUT2D eigenvalue weighted by Crippen LogP contribution is -2.11. The van der Waals surface area contributed by atoms with Gasteiger partial charge in [0.05, 0.1) is 22.9 Å². The highest BCUT2D eigenvalue weighted by molar-refractivity contribution is 14.1. The second-order valence-electron chi connectivity index (χ2n) is 1.66. The molecule has 1 N–H and O–H groups in total. The molecule has 0 radical (unpaired) electrons. The number of nitrogens with one attached hydrogen (secondary N) is 1. The van der Waals surface area contributed by atoms with Crippen molar-refractivity contribution in [2.45, 2.75) is 0 Å². The molecular weight excluding hydrogens is 243 g/mol. The van der Waals surface area contributed by atoms with Gasteiger partial charge in [-0.25, -0.2) is 0 Å². The molecule has 1 aromatic heterocycles. The number of amides is 1. The first kappa shape index (κ1) is 7.46.